The second-order valence-corrected chi connectivity index (χ2v) is 6.44. The van der Waals surface area contributed by atoms with Crippen LogP contribution in [0.3, 0.4) is 0 Å². The van der Waals surface area contributed by atoms with Crippen LogP contribution in [-0.4, -0.2) is 35.4 Å². The first-order chi connectivity index (χ1) is 10.1. The van der Waals surface area contributed by atoms with Gasteiger partial charge in [-0.15, -0.1) is 10.2 Å². The van der Waals surface area contributed by atoms with Crippen molar-refractivity contribution in [3.8, 4) is 0 Å². The Bertz CT molecular complexity index is 638. The van der Waals surface area contributed by atoms with Crippen LogP contribution in [0.2, 0.25) is 5.02 Å². The van der Waals surface area contributed by atoms with Gasteiger partial charge in [0.25, 0.3) is 5.69 Å². The molecule has 1 heterocycles. The number of anilines is 1. The zero-order chi connectivity index (χ0) is 15.2. The molecule has 0 unspecified atom stereocenters. The predicted octanol–water partition coefficient (Wildman–Crippen LogP) is 3.31. The Hall–Kier alpha value is -1.42. The minimum atomic E-state index is -0.483. The molecule has 0 aliphatic carbocycles. The first kappa shape index (κ1) is 16.0. The van der Waals surface area contributed by atoms with Crippen molar-refractivity contribution in [2.75, 3.05) is 25.6 Å². The molecule has 1 aromatic carbocycles. The third-order valence-corrected chi connectivity index (χ3v) is 4.74. The van der Waals surface area contributed by atoms with E-state index >= 15 is 0 Å². The van der Waals surface area contributed by atoms with Crippen LogP contribution < -0.4 is 5.32 Å². The molecule has 0 saturated heterocycles. The van der Waals surface area contributed by atoms with Gasteiger partial charge in [-0.2, -0.15) is 0 Å². The average Bonchev–Trinajstić information content (AvgIpc) is 2.89. The third kappa shape index (κ3) is 4.53. The van der Waals surface area contributed by atoms with Gasteiger partial charge in [0.1, 0.15) is 0 Å². The highest BCUT2D eigenvalue weighted by atomic mass is 35.5. The highest BCUT2D eigenvalue weighted by Crippen LogP contribution is 2.37. The van der Waals surface area contributed by atoms with Gasteiger partial charge in [-0.05, 0) is 6.07 Å². The van der Waals surface area contributed by atoms with Crippen LogP contribution in [0.4, 0.5) is 10.8 Å². The average molecular weight is 347 g/mol. The van der Waals surface area contributed by atoms with E-state index in [-0.39, 0.29) is 5.69 Å². The van der Waals surface area contributed by atoms with E-state index in [1.807, 2.05) is 0 Å². The predicted molar refractivity (Wildman–Crippen MR) is 82.5 cm³/mol. The van der Waals surface area contributed by atoms with E-state index in [0.29, 0.717) is 32.5 Å². The third-order valence-electron chi connectivity index (χ3n) is 2.31. The van der Waals surface area contributed by atoms with Crippen molar-refractivity contribution in [3.63, 3.8) is 0 Å². The van der Waals surface area contributed by atoms with Gasteiger partial charge >= 0.3 is 0 Å². The molecule has 0 aliphatic rings. The lowest BCUT2D eigenvalue weighted by Crippen LogP contribution is -2.06. The molecule has 7 nitrogen and oxygen atoms in total. The number of hydrogen-bond donors (Lipinski definition) is 1. The Morgan fingerprint density at radius 1 is 1.52 bits per heavy atom. The molecule has 21 heavy (non-hydrogen) atoms. The molecule has 0 aliphatic heterocycles. The van der Waals surface area contributed by atoms with Crippen molar-refractivity contribution in [1.29, 1.82) is 0 Å². The highest BCUT2D eigenvalue weighted by Gasteiger charge is 2.12. The molecule has 0 bridgehead atoms. The number of nitro groups is 1. The standard InChI is InChI=1S/C11H11ClN4O3S2/c1-19-5-4-13-10-14-15-11(21-10)20-9-3-2-7(16(17)18)6-8(9)12/h2-3,6H,4-5H2,1H3,(H,13,14). The number of nitrogens with one attached hydrogen (secondary N) is 1. The number of aromatic nitrogens is 2. The molecule has 0 atom stereocenters. The van der Waals surface area contributed by atoms with E-state index in [9.17, 15) is 10.1 Å². The fourth-order valence-corrected chi connectivity index (χ4v) is 3.39. The first-order valence-electron chi connectivity index (χ1n) is 5.78. The van der Waals surface area contributed by atoms with Gasteiger partial charge in [0.15, 0.2) is 4.34 Å². The summed E-state index contributed by atoms with van der Waals surface area (Å²) in [5, 5.41) is 22.7. The Labute approximate surface area is 133 Å². The normalized spacial score (nSPS) is 10.6. The Morgan fingerprint density at radius 2 is 2.33 bits per heavy atom. The largest absolute Gasteiger partial charge is 0.383 e. The van der Waals surface area contributed by atoms with Crippen molar-refractivity contribution >= 4 is 45.5 Å². The molecule has 2 aromatic rings. The topological polar surface area (TPSA) is 90.2 Å². The quantitative estimate of drug-likeness (QED) is 0.467. The van der Waals surface area contributed by atoms with Gasteiger partial charge in [0, 0.05) is 30.7 Å². The summed E-state index contributed by atoms with van der Waals surface area (Å²) in [5.74, 6) is 0. The van der Waals surface area contributed by atoms with E-state index in [0.717, 1.165) is 0 Å². The number of hydrogen-bond acceptors (Lipinski definition) is 8. The van der Waals surface area contributed by atoms with Gasteiger partial charge in [-0.1, -0.05) is 34.7 Å². The van der Waals surface area contributed by atoms with Gasteiger partial charge in [-0.25, -0.2) is 0 Å². The Balaban J connectivity index is 2.03. The zero-order valence-electron chi connectivity index (χ0n) is 10.9. The lowest BCUT2D eigenvalue weighted by molar-refractivity contribution is -0.384. The molecule has 0 amide bonds. The van der Waals surface area contributed by atoms with Crippen molar-refractivity contribution in [1.82, 2.24) is 10.2 Å². The SMILES string of the molecule is COCCNc1nnc(Sc2ccc([N+](=O)[O-])cc2Cl)s1. The molecular formula is C11H11ClN4O3S2. The smallest absolute Gasteiger partial charge is 0.270 e. The fraction of sp³-hybridized carbons (Fsp3) is 0.273. The summed E-state index contributed by atoms with van der Waals surface area (Å²) in [6.07, 6.45) is 0. The maximum absolute atomic E-state index is 10.7. The van der Waals surface area contributed by atoms with E-state index < -0.39 is 4.92 Å². The molecule has 2 rings (SSSR count). The van der Waals surface area contributed by atoms with Crippen molar-refractivity contribution < 1.29 is 9.66 Å². The number of benzene rings is 1. The summed E-state index contributed by atoms with van der Waals surface area (Å²) in [6.45, 7) is 1.23. The summed E-state index contributed by atoms with van der Waals surface area (Å²) in [6, 6.07) is 4.33. The summed E-state index contributed by atoms with van der Waals surface area (Å²) in [7, 11) is 1.62. The second kappa shape index (κ2) is 7.55. The van der Waals surface area contributed by atoms with E-state index in [2.05, 4.69) is 15.5 Å². The van der Waals surface area contributed by atoms with Crippen molar-refractivity contribution in [2.45, 2.75) is 9.24 Å². The maximum atomic E-state index is 10.7. The van der Waals surface area contributed by atoms with Crippen LogP contribution in [0.25, 0.3) is 0 Å². The molecule has 112 valence electrons. The highest BCUT2D eigenvalue weighted by molar-refractivity contribution is 8.01. The zero-order valence-corrected chi connectivity index (χ0v) is 13.3. The van der Waals surface area contributed by atoms with E-state index in [1.54, 1.807) is 13.2 Å². The lowest BCUT2D eigenvalue weighted by Gasteiger charge is -2.00. The maximum Gasteiger partial charge on any atom is 0.270 e. The summed E-state index contributed by atoms with van der Waals surface area (Å²) in [5.41, 5.74) is -0.0384. The van der Waals surface area contributed by atoms with Gasteiger partial charge in [0.2, 0.25) is 5.13 Å². The minimum Gasteiger partial charge on any atom is -0.383 e. The van der Waals surface area contributed by atoms with E-state index in [4.69, 9.17) is 16.3 Å². The molecular weight excluding hydrogens is 336 g/mol. The van der Waals surface area contributed by atoms with Gasteiger partial charge in [0.05, 0.1) is 16.6 Å². The minimum absolute atomic E-state index is 0.0384. The molecule has 1 N–H and O–H groups in total. The van der Waals surface area contributed by atoms with Gasteiger partial charge < -0.3 is 10.1 Å². The number of ether oxygens (including phenoxy) is 1. The van der Waals surface area contributed by atoms with Crippen LogP contribution in [0, 0.1) is 10.1 Å². The Kier molecular flexibility index (Phi) is 5.74. The number of non-ortho nitro benzene ring substituents is 1. The molecule has 0 spiro atoms. The van der Waals surface area contributed by atoms with Crippen molar-refractivity contribution in [2.24, 2.45) is 0 Å². The molecule has 0 fully saturated rings. The van der Waals surface area contributed by atoms with E-state index in [1.165, 1.54) is 35.2 Å². The summed E-state index contributed by atoms with van der Waals surface area (Å²) >= 11 is 8.72. The van der Waals surface area contributed by atoms with Gasteiger partial charge in [-0.3, -0.25) is 10.1 Å². The van der Waals surface area contributed by atoms with Crippen LogP contribution in [-0.2, 0) is 4.74 Å². The monoisotopic (exact) mass is 346 g/mol. The number of nitro benzene ring substituents is 1. The van der Waals surface area contributed by atoms with Crippen molar-refractivity contribution in [3.05, 3.63) is 33.3 Å². The lowest BCUT2D eigenvalue weighted by atomic mass is 10.3. The first-order valence-corrected chi connectivity index (χ1v) is 7.79. The number of rotatable bonds is 7. The van der Waals surface area contributed by atoms with Crippen LogP contribution in [0.15, 0.2) is 27.4 Å². The molecule has 1 aromatic heterocycles. The number of methoxy groups -OCH3 is 1. The fourth-order valence-electron chi connectivity index (χ4n) is 1.36. The summed E-state index contributed by atoms with van der Waals surface area (Å²) in [4.78, 5) is 10.9. The number of nitrogens with zero attached hydrogens (tertiary/aromatic N) is 3. The molecule has 0 radical (unpaired) electrons. The molecule has 0 saturated carbocycles. The summed E-state index contributed by atoms with van der Waals surface area (Å²) < 4.78 is 5.63. The number of halogens is 1. The second-order valence-electron chi connectivity index (χ2n) is 3.77. The molecule has 10 heteroatoms. The van der Waals surface area contributed by atoms with Crippen LogP contribution in [0.5, 0.6) is 0 Å². The van der Waals surface area contributed by atoms with Crippen LogP contribution in [0.1, 0.15) is 0 Å². The van der Waals surface area contributed by atoms with Crippen LogP contribution >= 0.6 is 34.7 Å². The Morgan fingerprint density at radius 3 is 3.00 bits per heavy atom.